The number of hydrogen-bond acceptors (Lipinski definition) is 3. The Labute approximate surface area is 177 Å². The summed E-state index contributed by atoms with van der Waals surface area (Å²) in [4.78, 5) is 12.2. The lowest BCUT2D eigenvalue weighted by Crippen LogP contribution is -2.14. The fourth-order valence-electron chi connectivity index (χ4n) is 3.10. The van der Waals surface area contributed by atoms with Crippen molar-refractivity contribution >= 4 is 29.3 Å². The van der Waals surface area contributed by atoms with Gasteiger partial charge in [0.2, 0.25) is 0 Å². The third-order valence-electron chi connectivity index (χ3n) is 5.02. The number of hydrogen-bond donors (Lipinski definition) is 0. The van der Waals surface area contributed by atoms with E-state index in [0.29, 0.717) is 11.8 Å². The molecule has 2 rings (SSSR count). The minimum Gasteiger partial charge on any atom is -0.460 e. The maximum absolute atomic E-state index is 14.2. The minimum absolute atomic E-state index is 0.285. The van der Waals surface area contributed by atoms with Crippen molar-refractivity contribution in [1.82, 2.24) is 0 Å². The molecule has 1 fully saturated rings. The van der Waals surface area contributed by atoms with E-state index in [-0.39, 0.29) is 5.75 Å². The number of carbonyl (C=O) groups is 1. The number of benzene rings is 1. The van der Waals surface area contributed by atoms with E-state index in [2.05, 4.69) is 0 Å². The first-order valence-corrected chi connectivity index (χ1v) is 10.3. The fraction of sp³-hybridized carbons (Fsp3) is 0.526. The molecule has 0 aliphatic heterocycles. The topological polar surface area (TPSA) is 26.3 Å². The second kappa shape index (κ2) is 8.98. The first kappa shape index (κ1) is 24.8. The quantitative estimate of drug-likeness (QED) is 0.254. The molecule has 0 bridgehead atoms. The summed E-state index contributed by atoms with van der Waals surface area (Å²) >= 11 is 6.24. The molecule has 0 amide bonds. The van der Waals surface area contributed by atoms with Gasteiger partial charge in [0.05, 0.1) is 11.5 Å². The zero-order chi connectivity index (χ0) is 23.0. The Balaban J connectivity index is 2.17. The number of rotatable bonds is 7. The van der Waals surface area contributed by atoms with Gasteiger partial charge >= 0.3 is 12.1 Å². The van der Waals surface area contributed by atoms with Gasteiger partial charge in [0.1, 0.15) is 11.6 Å². The average Bonchev–Trinajstić information content (AvgIpc) is 3.19. The van der Waals surface area contributed by atoms with Gasteiger partial charge in [0.15, 0.2) is 23.3 Å². The lowest BCUT2D eigenvalue weighted by atomic mass is 10.1. The molecule has 1 aliphatic carbocycles. The SMILES string of the molecule is CCSCc1c(F)c(F)c(COC(=O)[C@H]2[C@@H](/C=C(\Cl)C(F)(F)F)C2(C)C)c(F)c1F. The highest BCUT2D eigenvalue weighted by molar-refractivity contribution is 7.98. The van der Waals surface area contributed by atoms with Crippen molar-refractivity contribution < 1.29 is 40.3 Å². The standard InChI is InChI=1S/C19H18ClF7O2S/c1-4-30-7-9-15(23)13(21)8(14(22)16(9)24)6-29-17(28)12-10(18(12,2)3)5-11(20)19(25,26)27/h5,10,12H,4,6-7H2,1-3H3/b11-5-/t10-,12-/m1/s1. The van der Waals surface area contributed by atoms with Crippen molar-refractivity contribution in [2.75, 3.05) is 5.75 Å². The summed E-state index contributed by atoms with van der Waals surface area (Å²) in [6.07, 6.45) is -4.11. The van der Waals surface area contributed by atoms with Crippen molar-refractivity contribution in [2.45, 2.75) is 39.3 Å². The van der Waals surface area contributed by atoms with Crippen LogP contribution in [0.25, 0.3) is 0 Å². The van der Waals surface area contributed by atoms with Gasteiger partial charge in [-0.05, 0) is 17.1 Å². The molecule has 0 saturated heterocycles. The van der Waals surface area contributed by atoms with Crippen LogP contribution in [-0.4, -0.2) is 17.9 Å². The monoisotopic (exact) mass is 478 g/mol. The van der Waals surface area contributed by atoms with Crippen LogP contribution in [0.1, 0.15) is 31.9 Å². The normalized spacial score (nSPS) is 21.0. The number of halogens is 8. The first-order chi connectivity index (χ1) is 13.7. The second-order valence-corrected chi connectivity index (χ2v) is 8.98. The molecule has 0 heterocycles. The van der Waals surface area contributed by atoms with Crippen molar-refractivity contribution in [1.29, 1.82) is 0 Å². The highest BCUT2D eigenvalue weighted by atomic mass is 35.5. The first-order valence-electron chi connectivity index (χ1n) is 8.77. The van der Waals surface area contributed by atoms with E-state index in [1.165, 1.54) is 13.8 Å². The Kier molecular flexibility index (Phi) is 7.44. The zero-order valence-electron chi connectivity index (χ0n) is 16.1. The van der Waals surface area contributed by atoms with Gasteiger partial charge in [0, 0.05) is 11.3 Å². The van der Waals surface area contributed by atoms with Crippen LogP contribution in [0.4, 0.5) is 30.7 Å². The molecular formula is C19H18ClF7O2S. The summed E-state index contributed by atoms with van der Waals surface area (Å²) in [6.45, 7) is 3.56. The summed E-state index contributed by atoms with van der Waals surface area (Å²) in [5.74, 6) is -9.38. The molecule has 1 aliphatic rings. The van der Waals surface area contributed by atoms with E-state index in [4.69, 9.17) is 16.3 Å². The van der Waals surface area contributed by atoms with Crippen LogP contribution in [0.5, 0.6) is 0 Å². The Morgan fingerprint density at radius 1 is 1.10 bits per heavy atom. The maximum atomic E-state index is 14.2. The van der Waals surface area contributed by atoms with Crippen molar-refractivity contribution in [3.8, 4) is 0 Å². The summed E-state index contributed by atoms with van der Waals surface area (Å²) in [5, 5.41) is -1.40. The molecule has 0 aromatic heterocycles. The third-order valence-corrected chi connectivity index (χ3v) is 6.26. The smallest absolute Gasteiger partial charge is 0.426 e. The third kappa shape index (κ3) is 4.90. The van der Waals surface area contributed by atoms with Gasteiger partial charge in [-0.2, -0.15) is 24.9 Å². The average molecular weight is 479 g/mol. The van der Waals surface area contributed by atoms with Crippen LogP contribution in [0.15, 0.2) is 11.1 Å². The molecule has 0 radical (unpaired) electrons. The Morgan fingerprint density at radius 2 is 1.60 bits per heavy atom. The van der Waals surface area contributed by atoms with E-state index in [0.717, 1.165) is 11.8 Å². The number of thioether (sulfide) groups is 1. The largest absolute Gasteiger partial charge is 0.460 e. The lowest BCUT2D eigenvalue weighted by molar-refractivity contribution is -0.147. The van der Waals surface area contributed by atoms with Crippen LogP contribution in [0.2, 0.25) is 0 Å². The van der Waals surface area contributed by atoms with Gasteiger partial charge in [-0.15, -0.1) is 0 Å². The molecule has 168 valence electrons. The molecule has 0 unspecified atom stereocenters. The van der Waals surface area contributed by atoms with E-state index in [9.17, 15) is 35.5 Å². The number of allylic oxidation sites excluding steroid dienone is 2. The number of carbonyl (C=O) groups excluding carboxylic acids is 1. The van der Waals surface area contributed by atoms with E-state index >= 15 is 0 Å². The molecule has 1 aromatic rings. The summed E-state index contributed by atoms with van der Waals surface area (Å²) in [6, 6.07) is 0. The van der Waals surface area contributed by atoms with Gasteiger partial charge in [-0.3, -0.25) is 4.79 Å². The summed E-state index contributed by atoms with van der Waals surface area (Å²) in [7, 11) is 0. The van der Waals surface area contributed by atoms with Gasteiger partial charge in [-0.1, -0.05) is 38.4 Å². The number of alkyl halides is 3. The second-order valence-electron chi connectivity index (χ2n) is 7.30. The summed E-state index contributed by atoms with van der Waals surface area (Å²) in [5.41, 5.74) is -2.82. The van der Waals surface area contributed by atoms with Crippen LogP contribution in [-0.2, 0) is 21.9 Å². The predicted octanol–water partition coefficient (Wildman–Crippen LogP) is 6.50. The molecule has 1 aromatic carbocycles. The molecule has 2 atom stereocenters. The van der Waals surface area contributed by atoms with Crippen LogP contribution < -0.4 is 0 Å². The van der Waals surface area contributed by atoms with Crippen LogP contribution >= 0.6 is 23.4 Å². The maximum Gasteiger partial charge on any atom is 0.426 e. The van der Waals surface area contributed by atoms with Gasteiger partial charge in [0.25, 0.3) is 0 Å². The van der Waals surface area contributed by atoms with Gasteiger partial charge in [-0.25, -0.2) is 17.6 Å². The number of ether oxygens (including phenoxy) is 1. The van der Waals surface area contributed by atoms with Gasteiger partial charge < -0.3 is 4.74 Å². The molecule has 2 nitrogen and oxygen atoms in total. The zero-order valence-corrected chi connectivity index (χ0v) is 17.7. The molecule has 1 saturated carbocycles. The Hall–Kier alpha value is -1.42. The van der Waals surface area contributed by atoms with Crippen molar-refractivity contribution in [3.63, 3.8) is 0 Å². The van der Waals surface area contributed by atoms with Crippen LogP contribution in [0, 0.1) is 40.5 Å². The Morgan fingerprint density at radius 3 is 2.07 bits per heavy atom. The predicted molar refractivity (Wildman–Crippen MR) is 98.7 cm³/mol. The van der Waals surface area contributed by atoms with Crippen LogP contribution in [0.3, 0.4) is 0 Å². The molecular weight excluding hydrogens is 461 g/mol. The highest BCUT2D eigenvalue weighted by Gasteiger charge is 2.62. The molecule has 11 heteroatoms. The Bertz CT molecular complexity index is 838. The van der Waals surface area contributed by atoms with E-state index in [1.54, 1.807) is 6.92 Å². The highest BCUT2D eigenvalue weighted by Crippen LogP contribution is 2.60. The molecule has 0 N–H and O–H groups in total. The molecule has 30 heavy (non-hydrogen) atoms. The fourth-order valence-corrected chi connectivity index (χ4v) is 3.90. The lowest BCUT2D eigenvalue weighted by Gasteiger charge is -2.12. The van der Waals surface area contributed by atoms with Crippen molar-refractivity contribution in [2.24, 2.45) is 17.3 Å². The van der Waals surface area contributed by atoms with E-state index in [1.807, 2.05) is 0 Å². The number of esters is 1. The molecule has 0 spiro atoms. The van der Waals surface area contributed by atoms with E-state index < -0.39 is 75.4 Å². The van der Waals surface area contributed by atoms with Crippen molar-refractivity contribution in [3.05, 3.63) is 45.5 Å². The summed E-state index contributed by atoms with van der Waals surface area (Å²) < 4.78 is 99.1. The minimum atomic E-state index is -4.78.